The second-order valence-corrected chi connectivity index (χ2v) is 4.81. The van der Waals surface area contributed by atoms with Crippen molar-refractivity contribution in [1.82, 2.24) is 19.6 Å². The molecule has 0 saturated heterocycles. The van der Waals surface area contributed by atoms with Crippen LogP contribution in [0.5, 0.6) is 0 Å². The minimum atomic E-state index is -0.159. The molecule has 0 aliphatic carbocycles. The molecule has 0 radical (unpaired) electrons. The van der Waals surface area contributed by atoms with E-state index >= 15 is 0 Å². The molecule has 0 fully saturated rings. The molecule has 2 aromatic rings. The first-order valence-corrected chi connectivity index (χ1v) is 6.73. The van der Waals surface area contributed by atoms with E-state index < -0.39 is 0 Å². The zero-order valence-corrected chi connectivity index (χ0v) is 12.5. The Morgan fingerprint density at radius 1 is 1.50 bits per heavy atom. The Morgan fingerprint density at radius 3 is 2.90 bits per heavy atom. The van der Waals surface area contributed by atoms with Crippen molar-refractivity contribution in [3.8, 4) is 0 Å². The van der Waals surface area contributed by atoms with Crippen molar-refractivity contribution in [3.63, 3.8) is 0 Å². The molecule has 2 heterocycles. The van der Waals surface area contributed by atoms with Crippen molar-refractivity contribution >= 4 is 17.4 Å². The van der Waals surface area contributed by atoms with Gasteiger partial charge in [0.1, 0.15) is 5.69 Å². The summed E-state index contributed by atoms with van der Waals surface area (Å²) >= 11 is 6.10. The van der Waals surface area contributed by atoms with Gasteiger partial charge in [-0.05, 0) is 6.42 Å². The Hall–Kier alpha value is -1.66. The average molecular weight is 297 g/mol. The highest BCUT2D eigenvalue weighted by Crippen LogP contribution is 2.21. The Kier molecular flexibility index (Phi) is 4.57. The summed E-state index contributed by atoms with van der Waals surface area (Å²) in [5.41, 5.74) is 1.70. The van der Waals surface area contributed by atoms with Crippen LogP contribution >= 0.6 is 11.6 Å². The lowest BCUT2D eigenvalue weighted by Gasteiger charge is -2.06. The third kappa shape index (κ3) is 2.76. The van der Waals surface area contributed by atoms with Crippen LogP contribution in [0.3, 0.4) is 0 Å². The number of methoxy groups -OCH3 is 1. The van der Waals surface area contributed by atoms with Crippen LogP contribution in [0.25, 0.3) is 0 Å². The molecule has 0 bridgehead atoms. The molecule has 0 atom stereocenters. The molecule has 2 aromatic heterocycles. The van der Waals surface area contributed by atoms with Crippen molar-refractivity contribution in [2.45, 2.75) is 19.9 Å². The van der Waals surface area contributed by atoms with Gasteiger partial charge in [-0.25, -0.2) is 0 Å². The number of carbonyl (C=O) groups is 1. The van der Waals surface area contributed by atoms with Crippen LogP contribution in [0, 0.1) is 0 Å². The molecule has 0 saturated carbocycles. The standard InChI is InChI=1S/C13H17ClN4O2/c1-4-11-9(8-17(2)16-11)13(19)12-10(14)7-15-18(12)5-6-20-3/h7-8H,4-6H2,1-3H3. The van der Waals surface area contributed by atoms with Crippen molar-refractivity contribution in [3.05, 3.63) is 34.4 Å². The third-order valence-electron chi connectivity index (χ3n) is 3.00. The average Bonchev–Trinajstić information content (AvgIpc) is 2.98. The lowest BCUT2D eigenvalue weighted by Crippen LogP contribution is -2.15. The number of ether oxygens (including phenoxy) is 1. The first kappa shape index (κ1) is 14.7. The second kappa shape index (κ2) is 6.19. The van der Waals surface area contributed by atoms with Crippen LogP contribution < -0.4 is 0 Å². The maximum absolute atomic E-state index is 12.7. The highest BCUT2D eigenvalue weighted by molar-refractivity contribution is 6.34. The maximum Gasteiger partial charge on any atom is 0.216 e. The molecule has 0 N–H and O–H groups in total. The Labute approximate surface area is 122 Å². The summed E-state index contributed by atoms with van der Waals surface area (Å²) in [6.07, 6.45) is 3.88. The van der Waals surface area contributed by atoms with E-state index in [-0.39, 0.29) is 5.78 Å². The molecule has 0 spiro atoms. The van der Waals surface area contributed by atoms with Gasteiger partial charge in [-0.1, -0.05) is 18.5 Å². The summed E-state index contributed by atoms with van der Waals surface area (Å²) in [5.74, 6) is -0.159. The summed E-state index contributed by atoms with van der Waals surface area (Å²) in [4.78, 5) is 12.7. The summed E-state index contributed by atoms with van der Waals surface area (Å²) in [7, 11) is 3.39. The van der Waals surface area contributed by atoms with Gasteiger partial charge in [0.25, 0.3) is 0 Å². The van der Waals surface area contributed by atoms with Crippen LogP contribution in [0.4, 0.5) is 0 Å². The zero-order valence-electron chi connectivity index (χ0n) is 11.8. The summed E-state index contributed by atoms with van der Waals surface area (Å²) in [6.45, 7) is 2.90. The van der Waals surface area contributed by atoms with Gasteiger partial charge in [0.2, 0.25) is 5.78 Å². The van der Waals surface area contributed by atoms with Gasteiger partial charge in [-0.2, -0.15) is 10.2 Å². The Balaban J connectivity index is 2.39. The first-order chi connectivity index (χ1) is 9.58. The van der Waals surface area contributed by atoms with Crippen LogP contribution in [0.15, 0.2) is 12.4 Å². The molecular weight excluding hydrogens is 280 g/mol. The van der Waals surface area contributed by atoms with E-state index in [1.54, 1.807) is 29.7 Å². The predicted octanol–water partition coefficient (Wildman–Crippen LogP) is 1.71. The molecule has 0 aliphatic heterocycles. The van der Waals surface area contributed by atoms with E-state index in [1.807, 2.05) is 6.92 Å². The molecule has 7 heteroatoms. The van der Waals surface area contributed by atoms with E-state index in [1.165, 1.54) is 6.20 Å². The zero-order chi connectivity index (χ0) is 14.7. The van der Waals surface area contributed by atoms with Gasteiger partial charge >= 0.3 is 0 Å². The summed E-state index contributed by atoms with van der Waals surface area (Å²) in [6, 6.07) is 0. The number of carbonyl (C=O) groups excluding carboxylic acids is 1. The topological polar surface area (TPSA) is 61.9 Å². The molecule has 0 unspecified atom stereocenters. The molecule has 6 nitrogen and oxygen atoms in total. The van der Waals surface area contributed by atoms with Crippen molar-refractivity contribution in [2.75, 3.05) is 13.7 Å². The molecule has 0 amide bonds. The molecule has 0 aromatic carbocycles. The van der Waals surface area contributed by atoms with E-state index in [0.717, 1.165) is 5.69 Å². The highest BCUT2D eigenvalue weighted by Gasteiger charge is 2.23. The lowest BCUT2D eigenvalue weighted by atomic mass is 10.1. The Morgan fingerprint density at radius 2 is 2.25 bits per heavy atom. The summed E-state index contributed by atoms with van der Waals surface area (Å²) in [5, 5.41) is 8.74. The highest BCUT2D eigenvalue weighted by atomic mass is 35.5. The van der Waals surface area contributed by atoms with Crippen LogP contribution in [-0.4, -0.2) is 39.1 Å². The van der Waals surface area contributed by atoms with Gasteiger partial charge in [0.05, 0.1) is 35.6 Å². The van der Waals surface area contributed by atoms with E-state index in [2.05, 4.69) is 10.2 Å². The maximum atomic E-state index is 12.7. The quantitative estimate of drug-likeness (QED) is 0.761. The minimum absolute atomic E-state index is 0.159. The van der Waals surface area contributed by atoms with Gasteiger partial charge in [0, 0.05) is 20.4 Å². The second-order valence-electron chi connectivity index (χ2n) is 4.40. The number of halogens is 1. The van der Waals surface area contributed by atoms with E-state index in [9.17, 15) is 4.79 Å². The SMILES string of the molecule is CCc1nn(C)cc1C(=O)c1c(Cl)cnn1CCOC. The Bertz CT molecular complexity index is 618. The van der Waals surface area contributed by atoms with Crippen molar-refractivity contribution in [2.24, 2.45) is 7.05 Å². The number of ketones is 1. The lowest BCUT2D eigenvalue weighted by molar-refractivity contribution is 0.102. The molecular formula is C13H17ClN4O2. The predicted molar refractivity (Wildman–Crippen MR) is 75.1 cm³/mol. The number of rotatable bonds is 6. The van der Waals surface area contributed by atoms with Gasteiger partial charge < -0.3 is 4.74 Å². The normalized spacial score (nSPS) is 11.0. The fourth-order valence-electron chi connectivity index (χ4n) is 2.05. The molecule has 0 aliphatic rings. The smallest absolute Gasteiger partial charge is 0.216 e. The fraction of sp³-hybridized carbons (Fsp3) is 0.462. The van der Waals surface area contributed by atoms with Gasteiger partial charge in [-0.3, -0.25) is 14.2 Å². The van der Waals surface area contributed by atoms with E-state index in [4.69, 9.17) is 16.3 Å². The minimum Gasteiger partial charge on any atom is -0.383 e. The fourth-order valence-corrected chi connectivity index (χ4v) is 2.28. The summed E-state index contributed by atoms with van der Waals surface area (Å²) < 4.78 is 8.22. The molecule has 20 heavy (non-hydrogen) atoms. The largest absolute Gasteiger partial charge is 0.383 e. The van der Waals surface area contributed by atoms with Crippen LogP contribution in [0.1, 0.15) is 28.7 Å². The van der Waals surface area contributed by atoms with Gasteiger partial charge in [0.15, 0.2) is 0 Å². The number of hydrogen-bond acceptors (Lipinski definition) is 4. The van der Waals surface area contributed by atoms with Crippen molar-refractivity contribution in [1.29, 1.82) is 0 Å². The molecule has 108 valence electrons. The molecule has 2 rings (SSSR count). The van der Waals surface area contributed by atoms with E-state index in [0.29, 0.717) is 35.9 Å². The van der Waals surface area contributed by atoms with Crippen LogP contribution in [0.2, 0.25) is 5.02 Å². The monoisotopic (exact) mass is 296 g/mol. The number of hydrogen-bond donors (Lipinski definition) is 0. The van der Waals surface area contributed by atoms with Crippen LogP contribution in [-0.2, 0) is 24.8 Å². The van der Waals surface area contributed by atoms with Crippen molar-refractivity contribution < 1.29 is 9.53 Å². The first-order valence-electron chi connectivity index (χ1n) is 6.36. The number of nitrogens with zero attached hydrogens (tertiary/aromatic N) is 4. The van der Waals surface area contributed by atoms with Gasteiger partial charge in [-0.15, -0.1) is 0 Å². The number of aryl methyl sites for hydroxylation is 2. The third-order valence-corrected chi connectivity index (χ3v) is 3.28. The number of aromatic nitrogens is 4.